The van der Waals surface area contributed by atoms with E-state index in [0.29, 0.717) is 10.8 Å². The Kier molecular flexibility index (Phi) is 6.09. The summed E-state index contributed by atoms with van der Waals surface area (Å²) in [6.07, 6.45) is 4.33. The van der Waals surface area contributed by atoms with E-state index in [4.69, 9.17) is 18.0 Å². The van der Waals surface area contributed by atoms with E-state index in [1.807, 2.05) is 31.2 Å². The summed E-state index contributed by atoms with van der Waals surface area (Å²) in [5.41, 5.74) is 7.96. The van der Waals surface area contributed by atoms with Crippen LogP contribution in [0.4, 0.5) is 5.69 Å². The first-order valence-electron chi connectivity index (χ1n) is 5.29. The van der Waals surface area contributed by atoms with Gasteiger partial charge in [0.05, 0.1) is 0 Å². The van der Waals surface area contributed by atoms with Crippen molar-refractivity contribution < 1.29 is 19.4 Å². The van der Waals surface area contributed by atoms with Crippen molar-refractivity contribution in [3.8, 4) is 0 Å². The summed E-state index contributed by atoms with van der Waals surface area (Å²) in [5, 5.41) is 3.19. The van der Waals surface area contributed by atoms with Crippen LogP contribution < -0.4 is 11.1 Å². The summed E-state index contributed by atoms with van der Waals surface area (Å²) in [7, 11) is 0. The monoisotopic (exact) mass is 428 g/mol. The fourth-order valence-corrected chi connectivity index (χ4v) is 1.79. The predicted molar refractivity (Wildman–Crippen MR) is 77.5 cm³/mol. The van der Waals surface area contributed by atoms with Crippen molar-refractivity contribution in [2.75, 3.05) is 5.32 Å². The number of nitrogens with two attached hydrogens (primary N) is 1. The van der Waals surface area contributed by atoms with Crippen LogP contribution in [0.1, 0.15) is 12.5 Å². The van der Waals surface area contributed by atoms with Gasteiger partial charge in [-0.2, -0.15) is 0 Å². The van der Waals surface area contributed by atoms with Gasteiger partial charge in [0.1, 0.15) is 0 Å². The number of para-hydroxylation sites is 1. The number of anilines is 1. The number of aryl methyl sites for hydroxylation is 1. The molecule has 0 amide bonds. The second kappa shape index (κ2) is 7.34. The maximum atomic E-state index is 5.83. The Labute approximate surface area is 124 Å². The Bertz CT molecular complexity index is 521. The van der Waals surface area contributed by atoms with Crippen molar-refractivity contribution in [3.63, 3.8) is 0 Å². The van der Waals surface area contributed by atoms with Gasteiger partial charge in [0.25, 0.3) is 0 Å². The van der Waals surface area contributed by atoms with Crippen LogP contribution in [0.15, 0.2) is 35.5 Å². The molecule has 94 valence electrons. The van der Waals surface area contributed by atoms with Crippen LogP contribution in [-0.4, -0.2) is 14.7 Å². The van der Waals surface area contributed by atoms with E-state index in [-0.39, 0.29) is 0 Å². The molecule has 3 N–H and O–H groups in total. The average molecular weight is 428 g/mol. The number of rotatable bonds is 4. The van der Waals surface area contributed by atoms with Crippen LogP contribution in [-0.2, 0) is 19.4 Å². The van der Waals surface area contributed by atoms with Gasteiger partial charge in [-0.1, -0.05) is 0 Å². The SMILES string of the molecule is C[C-]=CN=C(N)[C](=[W])C(=S)Nc1ccccc1C. The molecule has 0 fully saturated rings. The van der Waals surface area contributed by atoms with Gasteiger partial charge in [0.2, 0.25) is 0 Å². The van der Waals surface area contributed by atoms with Crippen molar-refractivity contribution in [2.24, 2.45) is 10.7 Å². The van der Waals surface area contributed by atoms with Crippen LogP contribution in [0, 0.1) is 13.0 Å². The van der Waals surface area contributed by atoms with E-state index in [1.54, 1.807) is 6.92 Å². The van der Waals surface area contributed by atoms with Crippen LogP contribution in [0.5, 0.6) is 0 Å². The van der Waals surface area contributed by atoms with Crippen molar-refractivity contribution >= 4 is 32.6 Å². The van der Waals surface area contributed by atoms with Crippen molar-refractivity contribution in [1.82, 2.24) is 0 Å². The molecular formula is C13H14N3SW-. The van der Waals surface area contributed by atoms with Gasteiger partial charge in [-0.15, -0.1) is 0 Å². The number of amidine groups is 1. The Balaban J connectivity index is 2.78. The van der Waals surface area contributed by atoms with E-state index in [0.717, 1.165) is 15.1 Å². The van der Waals surface area contributed by atoms with Crippen LogP contribution in [0.2, 0.25) is 0 Å². The van der Waals surface area contributed by atoms with Crippen molar-refractivity contribution in [1.29, 1.82) is 0 Å². The maximum absolute atomic E-state index is 5.83. The molecule has 1 aromatic carbocycles. The molecular weight excluding hydrogens is 414 g/mol. The second-order valence-electron chi connectivity index (χ2n) is 3.53. The Morgan fingerprint density at radius 1 is 1.50 bits per heavy atom. The molecule has 0 radical (unpaired) electrons. The van der Waals surface area contributed by atoms with E-state index in [1.165, 1.54) is 25.6 Å². The molecule has 0 aliphatic heterocycles. The summed E-state index contributed by atoms with van der Waals surface area (Å²) >= 11 is 6.50. The third kappa shape index (κ3) is 4.28. The van der Waals surface area contributed by atoms with Crippen molar-refractivity contribution in [3.05, 3.63) is 42.1 Å². The van der Waals surface area contributed by atoms with Gasteiger partial charge in [-0.25, -0.2) is 0 Å². The second-order valence-corrected chi connectivity index (χ2v) is 5.41. The number of nitrogens with zero attached hydrogens (tertiary/aromatic N) is 1. The molecule has 0 unspecified atom stereocenters. The zero-order valence-corrected chi connectivity index (χ0v) is 14.0. The van der Waals surface area contributed by atoms with Gasteiger partial charge >= 0.3 is 124 Å². The molecule has 0 aliphatic rings. The molecule has 3 nitrogen and oxygen atoms in total. The number of nitrogens with one attached hydrogen (secondary N) is 1. The Morgan fingerprint density at radius 2 is 2.17 bits per heavy atom. The third-order valence-corrected chi connectivity index (χ3v) is 4.47. The first kappa shape index (κ1) is 14.9. The number of thiocarbonyl (C=S) groups is 1. The van der Waals surface area contributed by atoms with E-state index in [9.17, 15) is 0 Å². The normalized spacial score (nSPS) is 11.6. The van der Waals surface area contributed by atoms with Crippen LogP contribution >= 0.6 is 12.2 Å². The van der Waals surface area contributed by atoms with Gasteiger partial charge < -0.3 is 0 Å². The number of hydrogen-bond acceptors (Lipinski definition) is 2. The first-order chi connectivity index (χ1) is 8.56. The third-order valence-electron chi connectivity index (χ3n) is 2.16. The summed E-state index contributed by atoms with van der Waals surface area (Å²) < 4.78 is 0.833. The summed E-state index contributed by atoms with van der Waals surface area (Å²) in [6.45, 7) is 3.79. The van der Waals surface area contributed by atoms with Gasteiger partial charge in [0.15, 0.2) is 0 Å². The zero-order valence-electron chi connectivity index (χ0n) is 10.2. The molecule has 18 heavy (non-hydrogen) atoms. The van der Waals surface area contributed by atoms with Gasteiger partial charge in [-0.3, -0.25) is 0 Å². The number of aliphatic imine (C=N–C) groups is 1. The van der Waals surface area contributed by atoms with E-state index < -0.39 is 0 Å². The molecule has 5 heteroatoms. The number of hydrogen-bond donors (Lipinski definition) is 2. The molecule has 0 saturated heterocycles. The Morgan fingerprint density at radius 3 is 2.78 bits per heavy atom. The van der Waals surface area contributed by atoms with Gasteiger partial charge in [-0.05, 0) is 0 Å². The van der Waals surface area contributed by atoms with Crippen LogP contribution in [0.25, 0.3) is 0 Å². The molecule has 1 rings (SSSR count). The fourth-order valence-electron chi connectivity index (χ4n) is 1.20. The minimum atomic E-state index is 0.436. The molecule has 0 spiro atoms. The summed E-state index contributed by atoms with van der Waals surface area (Å²) in [6, 6.07) is 7.96. The molecule has 0 saturated carbocycles. The first-order valence-corrected chi connectivity index (χ1v) is 7.17. The molecule has 0 aliphatic carbocycles. The molecule has 0 heterocycles. The topological polar surface area (TPSA) is 50.4 Å². The number of allylic oxidation sites excluding steroid dienone is 1. The summed E-state index contributed by atoms with van der Waals surface area (Å²) in [5.74, 6) is 0.436. The quantitative estimate of drug-likeness (QED) is 0.335. The van der Waals surface area contributed by atoms with Gasteiger partial charge in [0, 0.05) is 0 Å². The fraction of sp³-hybridized carbons (Fsp3) is 0.154. The van der Waals surface area contributed by atoms with Crippen molar-refractivity contribution in [2.45, 2.75) is 13.8 Å². The Hall–Kier alpha value is -1.12. The molecule has 0 atom stereocenters. The average Bonchev–Trinajstić information content (AvgIpc) is 2.37. The molecule has 0 aromatic heterocycles. The van der Waals surface area contributed by atoms with E-state index in [2.05, 4.69) is 16.4 Å². The molecule has 1 aromatic rings. The van der Waals surface area contributed by atoms with E-state index >= 15 is 0 Å². The zero-order chi connectivity index (χ0) is 13.5. The predicted octanol–water partition coefficient (Wildman–Crippen LogP) is 2.15. The number of benzene rings is 1. The van der Waals surface area contributed by atoms with Crippen LogP contribution in [0.3, 0.4) is 0 Å². The standard InChI is InChI=1S/C13H14N3S.W/c1-3-8-15-12(14)9-13(17)16-11-7-5-4-6-10(11)2;/h4-8H,1-2H3,(H2,14,15)(H,16,17);/q-1;. The summed E-state index contributed by atoms with van der Waals surface area (Å²) in [4.78, 5) is 4.66. The minimum absolute atomic E-state index is 0.436. The molecule has 0 bridgehead atoms.